The molecule has 0 radical (unpaired) electrons. The van der Waals surface area contributed by atoms with E-state index in [1.54, 1.807) is 60.8 Å². The van der Waals surface area contributed by atoms with E-state index >= 15 is 0 Å². The van der Waals surface area contributed by atoms with E-state index in [-0.39, 0.29) is 28.4 Å². The molecule has 3 heterocycles. The van der Waals surface area contributed by atoms with Crippen molar-refractivity contribution in [1.29, 1.82) is 0 Å². The molecule has 0 saturated carbocycles. The van der Waals surface area contributed by atoms with Gasteiger partial charge in [0.25, 0.3) is 15.6 Å². The molecule has 0 atom stereocenters. The van der Waals surface area contributed by atoms with Gasteiger partial charge in [0.2, 0.25) is 0 Å². The van der Waals surface area contributed by atoms with Gasteiger partial charge >= 0.3 is 6.03 Å². The van der Waals surface area contributed by atoms with Gasteiger partial charge in [0.1, 0.15) is 10.5 Å². The van der Waals surface area contributed by atoms with Crippen LogP contribution in [0.4, 0.5) is 16.2 Å². The maximum atomic E-state index is 13.6. The highest BCUT2D eigenvalue weighted by Crippen LogP contribution is 2.38. The Morgan fingerprint density at radius 2 is 1.73 bits per heavy atom. The molecule has 1 aliphatic heterocycles. The topological polar surface area (TPSA) is 92.1 Å². The minimum absolute atomic E-state index is 0.0108. The number of aromatic nitrogens is 2. The third kappa shape index (κ3) is 3.57. The number of rotatable bonds is 4. The summed E-state index contributed by atoms with van der Waals surface area (Å²) in [6.07, 6.45) is 3.49. The molecule has 0 N–H and O–H groups in total. The van der Waals surface area contributed by atoms with Crippen molar-refractivity contribution in [3.8, 4) is 0 Å². The third-order valence-electron chi connectivity index (χ3n) is 5.31. The van der Waals surface area contributed by atoms with Gasteiger partial charge in [-0.2, -0.15) is 4.31 Å². The van der Waals surface area contributed by atoms with E-state index in [0.717, 1.165) is 9.20 Å². The predicted molar refractivity (Wildman–Crippen MR) is 127 cm³/mol. The molecule has 0 unspecified atom stereocenters. The molecule has 2 aromatic heterocycles. The molecule has 2 amide bonds. The highest BCUT2D eigenvalue weighted by Gasteiger charge is 2.42. The smallest absolute Gasteiger partial charge is 0.286 e. The summed E-state index contributed by atoms with van der Waals surface area (Å²) >= 11 is 1.45. The van der Waals surface area contributed by atoms with Crippen LogP contribution in [0.2, 0.25) is 0 Å². The van der Waals surface area contributed by atoms with Crippen molar-refractivity contribution in [3.63, 3.8) is 0 Å². The Morgan fingerprint density at radius 1 is 0.939 bits per heavy atom. The van der Waals surface area contributed by atoms with Gasteiger partial charge < -0.3 is 0 Å². The van der Waals surface area contributed by atoms with Gasteiger partial charge in [-0.15, -0.1) is 11.8 Å². The fourth-order valence-corrected chi connectivity index (χ4v) is 5.84. The van der Waals surface area contributed by atoms with Crippen molar-refractivity contribution >= 4 is 44.8 Å². The van der Waals surface area contributed by atoms with E-state index < -0.39 is 16.1 Å². The first-order chi connectivity index (χ1) is 15.9. The second kappa shape index (κ2) is 8.05. The predicted octanol–water partition coefficient (Wildman–Crippen LogP) is 3.75. The number of anilines is 2. The van der Waals surface area contributed by atoms with Crippen molar-refractivity contribution in [2.45, 2.75) is 16.3 Å². The van der Waals surface area contributed by atoms with Gasteiger partial charge in [-0.3, -0.25) is 14.1 Å². The fraction of sp³-hybridized carbons (Fsp3) is 0.0870. The van der Waals surface area contributed by atoms with Crippen LogP contribution in [0.15, 0.2) is 93.6 Å². The standard InChI is InChI=1S/C23H18N4O4S2/c1-32-18-8-6-7-17(14-18)27-23(29)26(19-9-2-3-10-20(19)33(27,30)31)15-16-13-22(28)25-12-5-4-11-21(25)24-16/h2-14H,15H2,1H3. The van der Waals surface area contributed by atoms with Crippen molar-refractivity contribution in [3.05, 3.63) is 95.0 Å². The van der Waals surface area contributed by atoms with E-state index in [4.69, 9.17) is 0 Å². The zero-order valence-corrected chi connectivity index (χ0v) is 19.1. The number of carbonyl (C=O) groups is 1. The Morgan fingerprint density at radius 3 is 2.55 bits per heavy atom. The first-order valence-corrected chi connectivity index (χ1v) is 12.6. The van der Waals surface area contributed by atoms with Gasteiger partial charge in [0.05, 0.1) is 23.6 Å². The summed E-state index contributed by atoms with van der Waals surface area (Å²) in [5.74, 6) is 0. The van der Waals surface area contributed by atoms with E-state index in [0.29, 0.717) is 11.3 Å². The second-order valence-electron chi connectivity index (χ2n) is 7.32. The molecule has 4 aromatic rings. The molecule has 0 bridgehead atoms. The zero-order valence-electron chi connectivity index (χ0n) is 17.5. The Kier molecular flexibility index (Phi) is 5.18. The fourth-order valence-electron chi connectivity index (χ4n) is 3.80. The number of carbonyl (C=O) groups excluding carboxylic acids is 1. The number of urea groups is 1. The molecule has 0 fully saturated rings. The van der Waals surface area contributed by atoms with Crippen LogP contribution >= 0.6 is 11.8 Å². The van der Waals surface area contributed by atoms with Crippen molar-refractivity contribution in [2.75, 3.05) is 15.5 Å². The lowest BCUT2D eigenvalue weighted by Gasteiger charge is -2.36. The third-order valence-corrected chi connectivity index (χ3v) is 7.79. The monoisotopic (exact) mass is 478 g/mol. The highest BCUT2D eigenvalue weighted by molar-refractivity contribution is 7.98. The first-order valence-electron chi connectivity index (χ1n) is 9.97. The molecule has 0 spiro atoms. The van der Waals surface area contributed by atoms with Crippen LogP contribution in [0.5, 0.6) is 0 Å². The van der Waals surface area contributed by atoms with E-state index in [9.17, 15) is 18.0 Å². The van der Waals surface area contributed by atoms with Crippen LogP contribution in [0.1, 0.15) is 5.69 Å². The largest absolute Gasteiger partial charge is 0.343 e. The summed E-state index contributed by atoms with van der Waals surface area (Å²) in [4.78, 5) is 32.8. The highest BCUT2D eigenvalue weighted by atomic mass is 32.2. The van der Waals surface area contributed by atoms with Gasteiger partial charge in [0, 0.05) is 17.2 Å². The molecular weight excluding hydrogens is 460 g/mol. The molecule has 0 aliphatic carbocycles. The summed E-state index contributed by atoms with van der Waals surface area (Å²) in [6.45, 7) is -0.0648. The summed E-state index contributed by atoms with van der Waals surface area (Å²) in [7, 11) is -4.13. The molecule has 8 nitrogen and oxygen atoms in total. The number of sulfonamides is 1. The number of nitrogens with zero attached hydrogens (tertiary/aromatic N) is 4. The number of amides is 2. The molecule has 5 rings (SSSR count). The molecule has 0 saturated heterocycles. The maximum absolute atomic E-state index is 13.6. The van der Waals surface area contributed by atoms with Crippen molar-refractivity contribution < 1.29 is 13.2 Å². The number of pyridine rings is 1. The quantitative estimate of drug-likeness (QED) is 0.415. The molecule has 1 aliphatic rings. The molecule has 166 valence electrons. The van der Waals surface area contributed by atoms with Crippen LogP contribution in [0, 0.1) is 0 Å². The van der Waals surface area contributed by atoms with Crippen LogP contribution < -0.4 is 14.8 Å². The molecular formula is C23H18N4O4S2. The number of para-hydroxylation sites is 1. The summed E-state index contributed by atoms with van der Waals surface area (Å²) < 4.78 is 29.1. The molecule has 10 heteroatoms. The maximum Gasteiger partial charge on any atom is 0.343 e. The Labute approximate surface area is 194 Å². The zero-order chi connectivity index (χ0) is 23.2. The van der Waals surface area contributed by atoms with Gasteiger partial charge in [-0.1, -0.05) is 24.3 Å². The lowest BCUT2D eigenvalue weighted by molar-refractivity contribution is 0.253. The molecule has 33 heavy (non-hydrogen) atoms. The van der Waals surface area contributed by atoms with E-state index in [1.165, 1.54) is 33.2 Å². The number of benzene rings is 2. The summed E-state index contributed by atoms with van der Waals surface area (Å²) in [5.41, 5.74) is 1.000. The Bertz CT molecular complexity index is 1570. The summed E-state index contributed by atoms with van der Waals surface area (Å²) in [5, 5.41) is 0. The lowest BCUT2D eigenvalue weighted by atomic mass is 10.2. The number of thioether (sulfide) groups is 1. The van der Waals surface area contributed by atoms with E-state index in [2.05, 4.69) is 4.98 Å². The summed E-state index contributed by atoms with van der Waals surface area (Å²) in [6, 6.07) is 18.9. The van der Waals surface area contributed by atoms with Crippen molar-refractivity contribution in [2.24, 2.45) is 0 Å². The number of fused-ring (bicyclic) bond motifs is 2. The Hall–Kier alpha value is -3.63. The van der Waals surface area contributed by atoms with Gasteiger partial charge in [-0.25, -0.2) is 18.2 Å². The van der Waals surface area contributed by atoms with Crippen molar-refractivity contribution in [1.82, 2.24) is 9.38 Å². The average Bonchev–Trinajstić information content (AvgIpc) is 2.82. The van der Waals surface area contributed by atoms with Crippen LogP contribution in [0.25, 0.3) is 5.65 Å². The minimum Gasteiger partial charge on any atom is -0.286 e. The number of hydrogen-bond acceptors (Lipinski definition) is 6. The second-order valence-corrected chi connectivity index (χ2v) is 9.96. The lowest BCUT2D eigenvalue weighted by Crippen LogP contribution is -2.50. The SMILES string of the molecule is CSc1cccc(N2C(=O)N(Cc3cc(=O)n4ccccc4n3)c3ccccc3S2(=O)=O)c1. The van der Waals surface area contributed by atoms with Crippen LogP contribution in [0.3, 0.4) is 0 Å². The van der Waals surface area contributed by atoms with E-state index in [1.807, 2.05) is 12.3 Å². The van der Waals surface area contributed by atoms with Crippen LogP contribution in [-0.2, 0) is 16.6 Å². The molecule has 2 aromatic carbocycles. The van der Waals surface area contributed by atoms with Gasteiger partial charge in [-0.05, 0) is 48.7 Å². The average molecular weight is 479 g/mol. The minimum atomic E-state index is -4.13. The first kappa shape index (κ1) is 21.2. The Balaban J connectivity index is 1.65. The number of hydrogen-bond donors (Lipinski definition) is 0. The van der Waals surface area contributed by atoms with Crippen LogP contribution in [-0.4, -0.2) is 30.1 Å². The normalized spacial score (nSPS) is 15.0. The van der Waals surface area contributed by atoms with Gasteiger partial charge in [0.15, 0.2) is 0 Å².